The first-order valence-corrected chi connectivity index (χ1v) is 16.2. The Balaban J connectivity index is 0.972. The van der Waals surface area contributed by atoms with Gasteiger partial charge >= 0.3 is 0 Å². The lowest BCUT2D eigenvalue weighted by atomic mass is 10.0. The second kappa shape index (κ2) is 10.6. The third kappa shape index (κ3) is 4.44. The summed E-state index contributed by atoms with van der Waals surface area (Å²) in [6.45, 7) is 0. The average Bonchev–Trinajstić information content (AvgIpc) is 3.80. The number of rotatable bonds is 4. The molecule has 210 valence electrons. The first-order valence-electron chi connectivity index (χ1n) is 15.4. The lowest BCUT2D eigenvalue weighted by Gasteiger charge is -2.05. The summed E-state index contributed by atoms with van der Waals surface area (Å²) in [6.07, 6.45) is 4.65. The van der Waals surface area contributed by atoms with Crippen molar-refractivity contribution in [1.29, 1.82) is 0 Å². The summed E-state index contributed by atoms with van der Waals surface area (Å²) in [6, 6.07) is 57.4. The fourth-order valence-electron chi connectivity index (χ4n) is 6.88. The number of benzene rings is 6. The van der Waals surface area contributed by atoms with Gasteiger partial charge < -0.3 is 0 Å². The van der Waals surface area contributed by atoms with Gasteiger partial charge in [-0.25, -0.2) is 0 Å². The summed E-state index contributed by atoms with van der Waals surface area (Å²) >= 11 is 1.85. The highest BCUT2D eigenvalue weighted by atomic mass is 32.1. The Labute approximate surface area is 267 Å². The highest BCUT2D eigenvalue weighted by molar-refractivity contribution is 7.18. The minimum absolute atomic E-state index is 1.22. The van der Waals surface area contributed by atoms with Crippen LogP contribution in [0.25, 0.3) is 66.4 Å². The summed E-state index contributed by atoms with van der Waals surface area (Å²) in [7, 11) is 0. The highest BCUT2D eigenvalue weighted by Gasteiger charge is 2.23. The minimum Gasteiger partial charge on any atom is -0.135 e. The largest absolute Gasteiger partial charge is 0.135 e. The molecule has 0 fully saturated rings. The molecule has 0 aliphatic heterocycles. The van der Waals surface area contributed by atoms with Gasteiger partial charge in [0.15, 0.2) is 0 Å². The molecule has 7 aromatic rings. The van der Waals surface area contributed by atoms with Crippen LogP contribution in [0.3, 0.4) is 0 Å². The number of hydrogen-bond acceptors (Lipinski definition) is 1. The van der Waals surface area contributed by atoms with E-state index in [4.69, 9.17) is 0 Å². The SMILES string of the molecule is C(=C1c2ccccc2-c2ccccc21)c1ccc(-c2ccc(-c3ccc(C=C4c5ccccc5-c5ccccc54)cc3)s2)cc1. The van der Waals surface area contributed by atoms with Crippen molar-refractivity contribution in [2.75, 3.05) is 0 Å². The molecule has 0 atom stereocenters. The van der Waals surface area contributed by atoms with Crippen molar-refractivity contribution in [3.8, 4) is 43.1 Å². The van der Waals surface area contributed by atoms with Crippen molar-refractivity contribution in [2.45, 2.75) is 0 Å². The molecule has 0 spiro atoms. The second-order valence-corrected chi connectivity index (χ2v) is 12.8. The molecule has 0 bridgehead atoms. The topological polar surface area (TPSA) is 0 Å². The van der Waals surface area contributed by atoms with E-state index in [1.807, 2.05) is 11.3 Å². The maximum atomic E-state index is 2.33. The zero-order chi connectivity index (χ0) is 29.7. The molecule has 0 nitrogen and oxygen atoms in total. The Morgan fingerprint density at radius 1 is 0.289 bits per heavy atom. The van der Waals surface area contributed by atoms with Crippen LogP contribution in [0.5, 0.6) is 0 Å². The van der Waals surface area contributed by atoms with Crippen LogP contribution >= 0.6 is 11.3 Å². The van der Waals surface area contributed by atoms with E-state index in [0.717, 1.165) is 0 Å². The summed E-state index contributed by atoms with van der Waals surface area (Å²) < 4.78 is 0. The van der Waals surface area contributed by atoms with Gasteiger partial charge in [0, 0.05) is 9.75 Å². The molecule has 0 amide bonds. The first-order chi connectivity index (χ1) is 22.3. The number of fused-ring (bicyclic) bond motifs is 6. The predicted molar refractivity (Wildman–Crippen MR) is 193 cm³/mol. The second-order valence-electron chi connectivity index (χ2n) is 11.7. The Bertz CT molecular complexity index is 2030. The van der Waals surface area contributed by atoms with Crippen molar-refractivity contribution in [3.63, 3.8) is 0 Å². The predicted octanol–water partition coefficient (Wildman–Crippen LogP) is 12.2. The summed E-state index contributed by atoms with van der Waals surface area (Å²) in [5.41, 5.74) is 18.1. The third-order valence-electron chi connectivity index (χ3n) is 9.07. The Kier molecular flexibility index (Phi) is 6.11. The van der Waals surface area contributed by atoms with Gasteiger partial charge in [0.05, 0.1) is 0 Å². The van der Waals surface area contributed by atoms with E-state index in [0.29, 0.717) is 0 Å². The van der Waals surface area contributed by atoms with Crippen molar-refractivity contribution >= 4 is 34.6 Å². The lowest BCUT2D eigenvalue weighted by molar-refractivity contribution is 1.63. The molecule has 2 aliphatic carbocycles. The van der Waals surface area contributed by atoms with Crippen LogP contribution in [0.4, 0.5) is 0 Å². The standard InChI is InChI=1S/C44H28S/c1-5-13-37-33(9-1)34-10-2-6-14-38(34)41(37)27-29-17-21-31(22-18-29)43-25-26-44(45-43)32-23-19-30(20-24-32)28-42-39-15-7-3-11-35(39)36-12-4-8-16-40(36)42/h1-28H. The molecule has 0 N–H and O–H groups in total. The van der Waals surface area contributed by atoms with Gasteiger partial charge in [-0.2, -0.15) is 0 Å². The van der Waals surface area contributed by atoms with Gasteiger partial charge in [0.2, 0.25) is 0 Å². The molecule has 45 heavy (non-hydrogen) atoms. The van der Waals surface area contributed by atoms with Gasteiger partial charge in [0.1, 0.15) is 0 Å². The van der Waals surface area contributed by atoms with Crippen LogP contribution in [-0.2, 0) is 0 Å². The summed E-state index contributed by atoms with van der Waals surface area (Å²) in [5.74, 6) is 0. The van der Waals surface area contributed by atoms with Crippen LogP contribution in [0, 0.1) is 0 Å². The molecule has 0 unspecified atom stereocenters. The van der Waals surface area contributed by atoms with E-state index in [2.05, 4.69) is 170 Å². The van der Waals surface area contributed by atoms with Gasteiger partial charge in [-0.05, 0) is 102 Å². The lowest BCUT2D eigenvalue weighted by Crippen LogP contribution is -1.82. The summed E-state index contributed by atoms with van der Waals surface area (Å²) in [4.78, 5) is 2.57. The van der Waals surface area contributed by atoms with Gasteiger partial charge in [-0.3, -0.25) is 0 Å². The molecule has 0 radical (unpaired) electrons. The van der Waals surface area contributed by atoms with Crippen LogP contribution < -0.4 is 0 Å². The Morgan fingerprint density at radius 3 is 0.889 bits per heavy atom. The van der Waals surface area contributed by atoms with E-state index in [9.17, 15) is 0 Å². The van der Waals surface area contributed by atoms with Gasteiger partial charge in [0.25, 0.3) is 0 Å². The van der Waals surface area contributed by atoms with Crippen LogP contribution in [0.15, 0.2) is 158 Å². The molecular weight excluding hydrogens is 561 g/mol. The van der Waals surface area contributed by atoms with Crippen molar-refractivity contribution in [2.24, 2.45) is 0 Å². The molecule has 2 aliphatic rings. The molecule has 0 saturated carbocycles. The van der Waals surface area contributed by atoms with Crippen molar-refractivity contribution in [1.82, 2.24) is 0 Å². The molecule has 1 heterocycles. The molecular formula is C44H28S. The zero-order valence-corrected chi connectivity index (χ0v) is 25.4. The van der Waals surface area contributed by atoms with Crippen molar-refractivity contribution < 1.29 is 0 Å². The first kappa shape index (κ1) is 25.9. The fourth-order valence-corrected chi connectivity index (χ4v) is 7.90. The van der Waals surface area contributed by atoms with Crippen LogP contribution in [-0.4, -0.2) is 0 Å². The van der Waals surface area contributed by atoms with E-state index in [-0.39, 0.29) is 0 Å². The van der Waals surface area contributed by atoms with E-state index in [1.54, 1.807) is 0 Å². The van der Waals surface area contributed by atoms with E-state index < -0.39 is 0 Å². The smallest absolute Gasteiger partial charge is 0.0349 e. The monoisotopic (exact) mass is 588 g/mol. The average molecular weight is 589 g/mol. The van der Waals surface area contributed by atoms with E-state index >= 15 is 0 Å². The molecule has 6 aromatic carbocycles. The van der Waals surface area contributed by atoms with Gasteiger partial charge in [-0.15, -0.1) is 11.3 Å². The normalized spacial score (nSPS) is 12.4. The van der Waals surface area contributed by atoms with Gasteiger partial charge in [-0.1, -0.05) is 146 Å². The van der Waals surface area contributed by atoms with Crippen LogP contribution in [0.2, 0.25) is 0 Å². The molecule has 1 heteroatoms. The maximum Gasteiger partial charge on any atom is 0.0349 e. The minimum atomic E-state index is 1.22. The number of thiophene rings is 1. The van der Waals surface area contributed by atoms with E-state index in [1.165, 1.54) is 87.7 Å². The number of hydrogen-bond donors (Lipinski definition) is 0. The quantitative estimate of drug-likeness (QED) is 0.192. The van der Waals surface area contributed by atoms with Crippen LogP contribution in [0.1, 0.15) is 33.4 Å². The third-order valence-corrected chi connectivity index (χ3v) is 10.3. The zero-order valence-electron chi connectivity index (χ0n) is 24.6. The summed E-state index contributed by atoms with van der Waals surface area (Å²) in [5, 5.41) is 0. The van der Waals surface area contributed by atoms with Crippen molar-refractivity contribution in [3.05, 3.63) is 191 Å². The highest BCUT2D eigenvalue weighted by Crippen LogP contribution is 2.46. The Morgan fingerprint density at radius 2 is 0.578 bits per heavy atom. The Hall–Kier alpha value is -5.50. The molecule has 9 rings (SSSR count). The molecule has 0 saturated heterocycles. The molecule has 1 aromatic heterocycles. The fraction of sp³-hybridized carbons (Fsp3) is 0. The maximum absolute atomic E-state index is 2.33.